The summed E-state index contributed by atoms with van der Waals surface area (Å²) in [7, 11) is 0. The lowest BCUT2D eigenvalue weighted by Gasteiger charge is -2.36. The summed E-state index contributed by atoms with van der Waals surface area (Å²) in [6.07, 6.45) is 2.67. The molecule has 1 N–H and O–H groups in total. The first kappa shape index (κ1) is 19.1. The summed E-state index contributed by atoms with van der Waals surface area (Å²) in [6, 6.07) is 3.52. The highest BCUT2D eigenvalue weighted by Gasteiger charge is 2.53. The second kappa shape index (κ2) is 6.96. The van der Waals surface area contributed by atoms with Crippen molar-refractivity contribution in [2.24, 2.45) is 5.92 Å². The summed E-state index contributed by atoms with van der Waals surface area (Å²) in [5.74, 6) is -2.12. The van der Waals surface area contributed by atoms with Crippen molar-refractivity contribution in [2.75, 3.05) is 0 Å². The number of hydrogen-bond acceptors (Lipinski definition) is 3. The Hall–Kier alpha value is -1.21. The third-order valence-corrected chi connectivity index (χ3v) is 4.62. The molecule has 1 heterocycles. The van der Waals surface area contributed by atoms with Crippen LogP contribution in [0.3, 0.4) is 0 Å². The number of aromatic nitrogens is 3. The fourth-order valence-electron chi connectivity index (χ4n) is 2.20. The molecule has 4 nitrogen and oxygen atoms in total. The highest BCUT2D eigenvalue weighted by Crippen LogP contribution is 2.49. The van der Waals surface area contributed by atoms with Gasteiger partial charge in [0.1, 0.15) is 17.3 Å². The number of rotatable bonds is 5. The van der Waals surface area contributed by atoms with E-state index in [1.54, 1.807) is 6.92 Å². The summed E-state index contributed by atoms with van der Waals surface area (Å²) < 4.78 is 26.5. The van der Waals surface area contributed by atoms with Gasteiger partial charge in [0.05, 0.1) is 12.7 Å². The quantitative estimate of drug-likeness (QED) is 0.614. The van der Waals surface area contributed by atoms with Gasteiger partial charge in [-0.3, -0.25) is 0 Å². The maximum Gasteiger partial charge on any atom is 0.225 e. The van der Waals surface area contributed by atoms with Crippen LogP contribution < -0.4 is 0 Å². The molecule has 2 aromatic rings. The van der Waals surface area contributed by atoms with Crippen molar-refractivity contribution in [3.63, 3.8) is 0 Å². The second-order valence-corrected chi connectivity index (χ2v) is 7.57. The molecule has 0 saturated heterocycles. The first-order valence-corrected chi connectivity index (χ1v) is 7.99. The van der Waals surface area contributed by atoms with Gasteiger partial charge in [-0.1, -0.05) is 59.1 Å². The normalized spacial score (nSPS) is 15.8. The molecule has 0 saturated carbocycles. The smallest absolute Gasteiger partial charge is 0.225 e. The Balaban J connectivity index is 2.40. The minimum atomic E-state index is -2.12. The average Bonchev–Trinajstić information content (AvgIpc) is 2.97. The van der Waals surface area contributed by atoms with Gasteiger partial charge in [0.15, 0.2) is 5.60 Å². The SMILES string of the molecule is C=CC(C)C(O)(c1cn(Cc2c(F)cccc2F)nn1)C(Cl)(Cl)Cl. The van der Waals surface area contributed by atoms with Crippen molar-refractivity contribution in [3.05, 3.63) is 59.9 Å². The topological polar surface area (TPSA) is 50.9 Å². The molecule has 0 fully saturated rings. The van der Waals surface area contributed by atoms with Gasteiger partial charge >= 0.3 is 0 Å². The van der Waals surface area contributed by atoms with Crippen molar-refractivity contribution >= 4 is 34.8 Å². The maximum absolute atomic E-state index is 13.7. The third kappa shape index (κ3) is 3.42. The molecule has 0 aliphatic rings. The number of benzene rings is 1. The van der Waals surface area contributed by atoms with E-state index < -0.39 is 26.9 Å². The van der Waals surface area contributed by atoms with Crippen molar-refractivity contribution in [1.29, 1.82) is 0 Å². The van der Waals surface area contributed by atoms with Crippen LogP contribution in [-0.2, 0) is 12.1 Å². The van der Waals surface area contributed by atoms with Crippen LogP contribution in [-0.4, -0.2) is 23.9 Å². The first-order valence-electron chi connectivity index (χ1n) is 6.86. The van der Waals surface area contributed by atoms with E-state index in [0.29, 0.717) is 0 Å². The van der Waals surface area contributed by atoms with E-state index in [1.165, 1.54) is 18.3 Å². The van der Waals surface area contributed by atoms with Crippen LogP contribution in [0.25, 0.3) is 0 Å². The predicted molar refractivity (Wildman–Crippen MR) is 89.0 cm³/mol. The van der Waals surface area contributed by atoms with Gasteiger partial charge in [0.25, 0.3) is 0 Å². The molecule has 9 heteroatoms. The zero-order valence-electron chi connectivity index (χ0n) is 12.6. The monoisotopic (exact) mass is 395 g/mol. The van der Waals surface area contributed by atoms with Crippen molar-refractivity contribution in [2.45, 2.75) is 22.9 Å². The summed E-state index contributed by atoms with van der Waals surface area (Å²) >= 11 is 17.7. The van der Waals surface area contributed by atoms with Gasteiger partial charge in [-0.15, -0.1) is 11.7 Å². The van der Waals surface area contributed by atoms with E-state index in [-0.39, 0.29) is 17.8 Å². The Kier molecular flexibility index (Phi) is 5.54. The number of aliphatic hydroxyl groups is 1. The van der Waals surface area contributed by atoms with Crippen LogP contribution in [0, 0.1) is 17.6 Å². The number of hydrogen-bond donors (Lipinski definition) is 1. The van der Waals surface area contributed by atoms with Crippen LogP contribution in [0.1, 0.15) is 18.2 Å². The van der Waals surface area contributed by atoms with Gasteiger partial charge < -0.3 is 5.11 Å². The molecule has 0 aliphatic heterocycles. The highest BCUT2D eigenvalue weighted by atomic mass is 35.6. The van der Waals surface area contributed by atoms with Crippen LogP contribution in [0.4, 0.5) is 8.78 Å². The number of halogens is 5. The van der Waals surface area contributed by atoms with Gasteiger partial charge in [-0.25, -0.2) is 13.5 Å². The fraction of sp³-hybridized carbons (Fsp3) is 0.333. The molecular formula is C15H14Cl3F2N3O. The number of alkyl halides is 3. The van der Waals surface area contributed by atoms with Gasteiger partial charge in [-0.2, -0.15) is 0 Å². The zero-order valence-corrected chi connectivity index (χ0v) is 14.8. The second-order valence-electron chi connectivity index (χ2n) is 5.29. The molecule has 24 heavy (non-hydrogen) atoms. The predicted octanol–water partition coefficient (Wildman–Crippen LogP) is 3.98. The standard InChI is InChI=1S/C15H14Cl3F2N3O/c1-3-9(2)14(24,15(16,17)18)13-8-23(22-21-13)7-10-11(19)5-4-6-12(10)20/h3-6,8-9,24H,1,7H2,2H3. The van der Waals surface area contributed by atoms with Crippen LogP contribution in [0.5, 0.6) is 0 Å². The minimum absolute atomic E-state index is 0.0494. The van der Waals surface area contributed by atoms with Gasteiger partial charge in [0.2, 0.25) is 3.79 Å². The summed E-state index contributed by atoms with van der Waals surface area (Å²) in [6.45, 7) is 4.93. The molecule has 2 rings (SSSR count). The Morgan fingerprint density at radius 2 is 1.92 bits per heavy atom. The van der Waals surface area contributed by atoms with Gasteiger partial charge in [0, 0.05) is 11.5 Å². The highest BCUT2D eigenvalue weighted by molar-refractivity contribution is 6.68. The Labute approximate surface area is 152 Å². The molecule has 0 radical (unpaired) electrons. The van der Waals surface area contributed by atoms with Crippen molar-refractivity contribution in [3.8, 4) is 0 Å². The average molecular weight is 397 g/mol. The first-order chi connectivity index (χ1) is 11.1. The summed E-state index contributed by atoms with van der Waals surface area (Å²) in [5.41, 5.74) is -2.25. The third-order valence-electron chi connectivity index (χ3n) is 3.76. The van der Waals surface area contributed by atoms with Gasteiger partial charge in [-0.05, 0) is 12.1 Å². The van der Waals surface area contributed by atoms with E-state index in [9.17, 15) is 13.9 Å². The van der Waals surface area contributed by atoms with Crippen molar-refractivity contribution in [1.82, 2.24) is 15.0 Å². The van der Waals surface area contributed by atoms with E-state index in [1.807, 2.05) is 0 Å². The Morgan fingerprint density at radius 1 is 1.33 bits per heavy atom. The lowest BCUT2D eigenvalue weighted by atomic mass is 9.87. The molecule has 1 aromatic carbocycles. The molecule has 2 unspecified atom stereocenters. The Morgan fingerprint density at radius 3 is 2.42 bits per heavy atom. The van der Waals surface area contributed by atoms with Crippen LogP contribution in [0.15, 0.2) is 37.1 Å². The zero-order chi connectivity index (χ0) is 18.1. The molecular weight excluding hydrogens is 383 g/mol. The van der Waals surface area contributed by atoms with Crippen LogP contribution >= 0.6 is 34.8 Å². The van der Waals surface area contributed by atoms with Crippen LogP contribution in [0.2, 0.25) is 0 Å². The maximum atomic E-state index is 13.7. The molecule has 1 aromatic heterocycles. The van der Waals surface area contributed by atoms with E-state index in [2.05, 4.69) is 16.9 Å². The molecule has 0 amide bonds. The minimum Gasteiger partial charge on any atom is -0.378 e. The lowest BCUT2D eigenvalue weighted by molar-refractivity contribution is 0.000176. The van der Waals surface area contributed by atoms with Crippen molar-refractivity contribution < 1.29 is 13.9 Å². The molecule has 130 valence electrons. The molecule has 0 spiro atoms. The molecule has 2 atom stereocenters. The molecule has 0 bridgehead atoms. The summed E-state index contributed by atoms with van der Waals surface area (Å²) in [4.78, 5) is 0. The van der Waals surface area contributed by atoms with E-state index >= 15 is 0 Å². The Bertz CT molecular complexity index is 728. The van der Waals surface area contributed by atoms with E-state index in [4.69, 9.17) is 34.8 Å². The number of nitrogens with zero attached hydrogens (tertiary/aromatic N) is 3. The molecule has 0 aliphatic carbocycles. The fourth-order valence-corrected chi connectivity index (χ4v) is 3.01. The summed E-state index contributed by atoms with van der Waals surface area (Å²) in [5, 5.41) is 18.4. The van der Waals surface area contributed by atoms with E-state index in [0.717, 1.165) is 16.8 Å². The largest absolute Gasteiger partial charge is 0.378 e. The lowest BCUT2D eigenvalue weighted by Crippen LogP contribution is -2.45.